The minimum absolute atomic E-state index is 0.0825. The van der Waals surface area contributed by atoms with Gasteiger partial charge >= 0.3 is 5.97 Å². The van der Waals surface area contributed by atoms with Crippen LogP contribution in [-0.4, -0.2) is 38.1 Å². The molecule has 4 nitrogen and oxygen atoms in total. The summed E-state index contributed by atoms with van der Waals surface area (Å²) in [6.07, 6.45) is 16.8. The van der Waals surface area contributed by atoms with Crippen LogP contribution in [0.15, 0.2) is 23.8 Å². The van der Waals surface area contributed by atoms with Gasteiger partial charge in [-0.05, 0) is 58.3 Å². The van der Waals surface area contributed by atoms with Gasteiger partial charge in [0.15, 0.2) is 0 Å². The van der Waals surface area contributed by atoms with Crippen LogP contribution in [0.3, 0.4) is 0 Å². The molecule has 0 amide bonds. The number of unbranched alkanes of at least 4 members (excludes halogenated alkanes) is 5. The van der Waals surface area contributed by atoms with Crippen molar-refractivity contribution in [1.82, 2.24) is 4.90 Å². The summed E-state index contributed by atoms with van der Waals surface area (Å²) in [5.74, 6) is -0.0854. The van der Waals surface area contributed by atoms with Gasteiger partial charge in [-0.1, -0.05) is 64.5 Å². The molecule has 1 unspecified atom stereocenters. The number of nitriles is 1. The molecule has 0 N–H and O–H groups in total. The van der Waals surface area contributed by atoms with E-state index in [1.807, 2.05) is 26.2 Å². The van der Waals surface area contributed by atoms with Gasteiger partial charge in [-0.25, -0.2) is 4.79 Å². The number of allylic oxidation sites excluding steroid dienone is 3. The Hall–Kier alpha value is -1.60. The number of hydrogen-bond acceptors (Lipinski definition) is 4. The van der Waals surface area contributed by atoms with Gasteiger partial charge < -0.3 is 9.64 Å². The summed E-state index contributed by atoms with van der Waals surface area (Å²) in [4.78, 5) is 14.3. The zero-order valence-electron chi connectivity index (χ0n) is 18.0. The molecule has 0 aromatic carbocycles. The van der Waals surface area contributed by atoms with E-state index in [2.05, 4.69) is 18.7 Å². The molecule has 1 atom stereocenters. The highest BCUT2D eigenvalue weighted by molar-refractivity contribution is 5.93. The fourth-order valence-corrected chi connectivity index (χ4v) is 2.87. The largest absolute Gasteiger partial charge is 0.461 e. The Kier molecular flexibility index (Phi) is 16.7. The molecule has 0 spiro atoms. The SMILES string of the molecule is CCCCCCC(CCCC)COC(=O)/C(C#N)=C\C=C/CCCN(C)C. The van der Waals surface area contributed by atoms with Crippen LogP contribution in [0.5, 0.6) is 0 Å². The highest BCUT2D eigenvalue weighted by Crippen LogP contribution is 2.18. The molecule has 0 saturated carbocycles. The van der Waals surface area contributed by atoms with Crippen molar-refractivity contribution in [3.63, 3.8) is 0 Å². The third-order valence-corrected chi connectivity index (χ3v) is 4.60. The Morgan fingerprint density at radius 3 is 2.41 bits per heavy atom. The van der Waals surface area contributed by atoms with Crippen molar-refractivity contribution in [3.8, 4) is 6.07 Å². The standard InChI is InChI=1S/C23H40N2O2/c1-5-7-9-12-16-21(15-8-6-2)20-27-23(26)22(19-24)17-13-10-11-14-18-25(3)4/h10,13,17,21H,5-9,11-12,14-16,18,20H2,1-4H3/b13-10-,22-17-. The predicted molar refractivity (Wildman–Crippen MR) is 113 cm³/mol. The molecule has 154 valence electrons. The van der Waals surface area contributed by atoms with Crippen LogP contribution in [0, 0.1) is 17.2 Å². The molecule has 4 heteroatoms. The Bertz CT molecular complexity index is 475. The fraction of sp³-hybridized carbons (Fsp3) is 0.739. The summed E-state index contributed by atoms with van der Waals surface area (Å²) < 4.78 is 5.45. The van der Waals surface area contributed by atoms with E-state index in [0.29, 0.717) is 12.5 Å². The molecular formula is C23H40N2O2. The zero-order valence-corrected chi connectivity index (χ0v) is 18.0. The van der Waals surface area contributed by atoms with E-state index >= 15 is 0 Å². The van der Waals surface area contributed by atoms with Gasteiger partial charge in [-0.15, -0.1) is 0 Å². The summed E-state index contributed by atoms with van der Waals surface area (Å²) in [5.41, 5.74) is 0.0825. The number of rotatable bonds is 16. The second-order valence-electron chi connectivity index (χ2n) is 7.52. The Labute approximate surface area is 167 Å². The average Bonchev–Trinajstić information content (AvgIpc) is 2.65. The number of carbonyl (C=O) groups is 1. The zero-order chi connectivity index (χ0) is 20.3. The van der Waals surface area contributed by atoms with Gasteiger partial charge in [0.25, 0.3) is 0 Å². The molecule has 0 aliphatic rings. The molecule has 0 aliphatic carbocycles. The van der Waals surface area contributed by atoms with Crippen LogP contribution < -0.4 is 0 Å². The van der Waals surface area contributed by atoms with E-state index in [0.717, 1.165) is 45.1 Å². The van der Waals surface area contributed by atoms with Crippen LogP contribution in [0.4, 0.5) is 0 Å². The van der Waals surface area contributed by atoms with Crippen LogP contribution in [0.25, 0.3) is 0 Å². The van der Waals surface area contributed by atoms with Gasteiger partial charge in [-0.3, -0.25) is 0 Å². The summed E-state index contributed by atoms with van der Waals surface area (Å²) >= 11 is 0. The van der Waals surface area contributed by atoms with E-state index in [4.69, 9.17) is 4.74 Å². The third kappa shape index (κ3) is 15.2. The number of ether oxygens (including phenoxy) is 1. The maximum atomic E-state index is 12.2. The monoisotopic (exact) mass is 376 g/mol. The van der Waals surface area contributed by atoms with Crippen molar-refractivity contribution in [1.29, 1.82) is 5.26 Å². The molecule has 0 saturated heterocycles. The number of esters is 1. The van der Waals surface area contributed by atoms with E-state index in [1.54, 1.807) is 12.2 Å². The van der Waals surface area contributed by atoms with E-state index in [1.165, 1.54) is 25.7 Å². The minimum Gasteiger partial charge on any atom is -0.461 e. The molecule has 27 heavy (non-hydrogen) atoms. The van der Waals surface area contributed by atoms with Crippen molar-refractivity contribution >= 4 is 5.97 Å². The van der Waals surface area contributed by atoms with Gasteiger partial charge in [-0.2, -0.15) is 5.26 Å². The molecule has 0 bridgehead atoms. The molecule has 0 fully saturated rings. The lowest BCUT2D eigenvalue weighted by atomic mass is 9.96. The first-order chi connectivity index (χ1) is 13.0. The smallest absolute Gasteiger partial charge is 0.348 e. The summed E-state index contributed by atoms with van der Waals surface area (Å²) in [7, 11) is 4.09. The van der Waals surface area contributed by atoms with Crippen LogP contribution >= 0.6 is 0 Å². The lowest BCUT2D eigenvalue weighted by Gasteiger charge is -2.16. The van der Waals surface area contributed by atoms with Crippen molar-refractivity contribution in [2.24, 2.45) is 5.92 Å². The van der Waals surface area contributed by atoms with Crippen molar-refractivity contribution in [2.75, 3.05) is 27.2 Å². The van der Waals surface area contributed by atoms with E-state index in [-0.39, 0.29) is 5.57 Å². The first-order valence-electron chi connectivity index (χ1n) is 10.6. The van der Waals surface area contributed by atoms with E-state index < -0.39 is 5.97 Å². The molecule has 0 aromatic heterocycles. The molecule has 0 aliphatic heterocycles. The average molecular weight is 377 g/mol. The third-order valence-electron chi connectivity index (χ3n) is 4.60. The molecule has 0 radical (unpaired) electrons. The highest BCUT2D eigenvalue weighted by atomic mass is 16.5. The Balaban J connectivity index is 4.40. The number of hydrogen-bond donors (Lipinski definition) is 0. The lowest BCUT2D eigenvalue weighted by molar-refractivity contribution is -0.140. The quantitative estimate of drug-likeness (QED) is 0.115. The molecule has 0 aromatic rings. The van der Waals surface area contributed by atoms with Crippen LogP contribution in [0.2, 0.25) is 0 Å². The molecular weight excluding hydrogens is 336 g/mol. The Morgan fingerprint density at radius 1 is 1.07 bits per heavy atom. The molecule has 0 heterocycles. The Morgan fingerprint density at radius 2 is 1.78 bits per heavy atom. The first-order valence-corrected chi connectivity index (χ1v) is 10.6. The first kappa shape index (κ1) is 25.4. The normalized spacial score (nSPS) is 13.1. The van der Waals surface area contributed by atoms with Gasteiger partial charge in [0.2, 0.25) is 0 Å². The van der Waals surface area contributed by atoms with Gasteiger partial charge in [0.1, 0.15) is 11.6 Å². The van der Waals surface area contributed by atoms with E-state index in [9.17, 15) is 10.1 Å². The van der Waals surface area contributed by atoms with Crippen LogP contribution in [0.1, 0.15) is 78.1 Å². The predicted octanol–water partition coefficient (Wildman–Crippen LogP) is 5.65. The highest BCUT2D eigenvalue weighted by Gasteiger charge is 2.14. The van der Waals surface area contributed by atoms with Crippen molar-refractivity contribution in [3.05, 3.63) is 23.8 Å². The maximum absolute atomic E-state index is 12.2. The number of nitrogens with zero attached hydrogens (tertiary/aromatic N) is 2. The maximum Gasteiger partial charge on any atom is 0.348 e. The van der Waals surface area contributed by atoms with Crippen molar-refractivity contribution in [2.45, 2.75) is 78.1 Å². The number of carbonyl (C=O) groups excluding carboxylic acids is 1. The van der Waals surface area contributed by atoms with Crippen LogP contribution in [-0.2, 0) is 9.53 Å². The summed E-state index contributed by atoms with van der Waals surface area (Å²) in [6, 6.07) is 1.96. The summed E-state index contributed by atoms with van der Waals surface area (Å²) in [5, 5.41) is 9.22. The second kappa shape index (κ2) is 17.8. The minimum atomic E-state index is -0.495. The lowest BCUT2D eigenvalue weighted by Crippen LogP contribution is -2.15. The van der Waals surface area contributed by atoms with Gasteiger partial charge in [0, 0.05) is 0 Å². The fourth-order valence-electron chi connectivity index (χ4n) is 2.87. The second-order valence-corrected chi connectivity index (χ2v) is 7.52. The van der Waals surface area contributed by atoms with Crippen molar-refractivity contribution < 1.29 is 9.53 Å². The topological polar surface area (TPSA) is 53.3 Å². The van der Waals surface area contributed by atoms with Gasteiger partial charge in [0.05, 0.1) is 6.61 Å². The molecule has 0 rings (SSSR count). The summed E-state index contributed by atoms with van der Waals surface area (Å²) in [6.45, 7) is 5.85.